The number of carbonyl (C=O) groups is 1. The maximum atomic E-state index is 12.6. The van der Waals surface area contributed by atoms with Crippen molar-refractivity contribution in [3.05, 3.63) is 89.5 Å². The van der Waals surface area contributed by atoms with Gasteiger partial charge in [0.05, 0.1) is 24.2 Å². The highest BCUT2D eigenvalue weighted by atomic mass is 32.2. The van der Waals surface area contributed by atoms with Gasteiger partial charge in [0.25, 0.3) is 5.91 Å². The summed E-state index contributed by atoms with van der Waals surface area (Å²) in [6.07, 6.45) is 1.16. The van der Waals surface area contributed by atoms with Gasteiger partial charge in [0.1, 0.15) is 13.2 Å². The molecule has 0 unspecified atom stereocenters. The number of hydrogen-bond acceptors (Lipinski definition) is 6. The lowest BCUT2D eigenvalue weighted by atomic mass is 10.1. The van der Waals surface area contributed by atoms with Crippen molar-refractivity contribution in [2.75, 3.05) is 23.8 Å². The van der Waals surface area contributed by atoms with E-state index in [0.29, 0.717) is 41.7 Å². The predicted molar refractivity (Wildman–Crippen MR) is 131 cm³/mol. The molecule has 0 atom stereocenters. The molecule has 8 nitrogen and oxygen atoms in total. The summed E-state index contributed by atoms with van der Waals surface area (Å²) in [5.74, 6) is 0.922. The van der Waals surface area contributed by atoms with Crippen LogP contribution in [0.2, 0.25) is 0 Å². The third kappa shape index (κ3) is 5.55. The Balaban J connectivity index is 1.46. The minimum Gasteiger partial charge on any atom is -0.486 e. The molecule has 0 saturated heterocycles. The zero-order valence-corrected chi connectivity index (χ0v) is 19.7. The molecule has 176 valence electrons. The standard InChI is InChI=1S/C25H25N3O5S/c1-18(21-10-13-23-24(16-21)33-15-14-32-23)26-27-25(29)20-8-11-22(12-9-20)28(34(2,30)31)17-19-6-4-3-5-7-19/h3-13,16H,14-15,17H2,1-2H3,(H,27,29)/b26-18-. The highest BCUT2D eigenvalue weighted by Crippen LogP contribution is 2.31. The zero-order valence-electron chi connectivity index (χ0n) is 18.9. The average Bonchev–Trinajstić information content (AvgIpc) is 2.85. The van der Waals surface area contributed by atoms with Crippen molar-refractivity contribution >= 4 is 27.3 Å². The normalized spacial score (nSPS) is 13.3. The van der Waals surface area contributed by atoms with Crippen LogP contribution >= 0.6 is 0 Å². The first-order valence-electron chi connectivity index (χ1n) is 10.7. The number of nitrogens with one attached hydrogen (secondary N) is 1. The molecular formula is C25H25N3O5S. The first-order chi connectivity index (χ1) is 16.3. The molecule has 0 fully saturated rings. The molecule has 1 aliphatic heterocycles. The van der Waals surface area contributed by atoms with Crippen LogP contribution < -0.4 is 19.2 Å². The SMILES string of the molecule is C/C(=N/NC(=O)c1ccc(N(Cc2ccccc2)S(C)(=O)=O)cc1)c1ccc2c(c1)OCCO2. The van der Waals surface area contributed by atoms with E-state index in [4.69, 9.17) is 9.47 Å². The summed E-state index contributed by atoms with van der Waals surface area (Å²) in [5, 5.41) is 4.19. The molecule has 4 rings (SSSR count). The average molecular weight is 480 g/mol. The molecule has 9 heteroatoms. The number of hydrogen-bond donors (Lipinski definition) is 1. The Hall–Kier alpha value is -3.85. The lowest BCUT2D eigenvalue weighted by Gasteiger charge is -2.22. The number of anilines is 1. The van der Waals surface area contributed by atoms with Crippen LogP contribution in [0.15, 0.2) is 77.9 Å². The highest BCUT2D eigenvalue weighted by molar-refractivity contribution is 7.92. The van der Waals surface area contributed by atoms with Crippen LogP contribution in [0.25, 0.3) is 0 Å². The molecule has 1 heterocycles. The van der Waals surface area contributed by atoms with E-state index < -0.39 is 15.9 Å². The van der Waals surface area contributed by atoms with Crippen LogP contribution in [0.1, 0.15) is 28.4 Å². The monoisotopic (exact) mass is 479 g/mol. The van der Waals surface area contributed by atoms with Crippen molar-refractivity contribution in [3.8, 4) is 11.5 Å². The summed E-state index contributed by atoms with van der Waals surface area (Å²) >= 11 is 0. The van der Waals surface area contributed by atoms with Crippen molar-refractivity contribution in [1.82, 2.24) is 5.43 Å². The number of rotatable bonds is 7. The number of hydrazone groups is 1. The van der Waals surface area contributed by atoms with E-state index in [1.54, 1.807) is 31.2 Å². The molecule has 1 N–H and O–H groups in total. The molecule has 0 aromatic heterocycles. The molecule has 0 aliphatic carbocycles. The first kappa shape index (κ1) is 23.3. The molecule has 0 spiro atoms. The Labute approximate surface area is 198 Å². The fourth-order valence-electron chi connectivity index (χ4n) is 3.46. The number of amides is 1. The number of fused-ring (bicyclic) bond motifs is 1. The molecule has 3 aromatic rings. The molecule has 1 amide bonds. The molecule has 0 saturated carbocycles. The van der Waals surface area contributed by atoms with Gasteiger partial charge in [0, 0.05) is 11.1 Å². The second-order valence-corrected chi connectivity index (χ2v) is 9.71. The van der Waals surface area contributed by atoms with Crippen LogP contribution in [0.3, 0.4) is 0 Å². The summed E-state index contributed by atoms with van der Waals surface area (Å²) < 4.78 is 37.1. The lowest BCUT2D eigenvalue weighted by Crippen LogP contribution is -2.29. The van der Waals surface area contributed by atoms with E-state index in [9.17, 15) is 13.2 Å². The molecule has 1 aliphatic rings. The van der Waals surface area contributed by atoms with Gasteiger partial charge in [-0.25, -0.2) is 13.8 Å². The van der Waals surface area contributed by atoms with Gasteiger partial charge in [-0.15, -0.1) is 0 Å². The summed E-state index contributed by atoms with van der Waals surface area (Å²) in [6, 6.07) is 21.2. The van der Waals surface area contributed by atoms with Crippen LogP contribution in [-0.2, 0) is 16.6 Å². The van der Waals surface area contributed by atoms with Gasteiger partial charge in [0.15, 0.2) is 11.5 Å². The van der Waals surface area contributed by atoms with Gasteiger partial charge in [-0.2, -0.15) is 5.10 Å². The summed E-state index contributed by atoms with van der Waals surface area (Å²) in [6.45, 7) is 2.98. The minimum atomic E-state index is -3.52. The summed E-state index contributed by atoms with van der Waals surface area (Å²) in [4.78, 5) is 12.6. The van der Waals surface area contributed by atoms with Crippen LogP contribution in [0.5, 0.6) is 11.5 Å². The Morgan fingerprint density at radius 1 is 0.941 bits per heavy atom. The number of carbonyl (C=O) groups excluding carboxylic acids is 1. The third-order valence-electron chi connectivity index (χ3n) is 5.27. The third-order valence-corrected chi connectivity index (χ3v) is 6.41. The van der Waals surface area contributed by atoms with Gasteiger partial charge in [-0.05, 0) is 55.0 Å². The van der Waals surface area contributed by atoms with Gasteiger partial charge >= 0.3 is 0 Å². The van der Waals surface area contributed by atoms with Crippen molar-refractivity contribution < 1.29 is 22.7 Å². The van der Waals surface area contributed by atoms with Crippen molar-refractivity contribution in [2.45, 2.75) is 13.5 Å². The second kappa shape index (κ2) is 9.96. The molecule has 3 aromatic carbocycles. The van der Waals surface area contributed by atoms with Crippen LogP contribution in [-0.4, -0.2) is 39.5 Å². The lowest BCUT2D eigenvalue weighted by molar-refractivity contribution is 0.0955. The smallest absolute Gasteiger partial charge is 0.271 e. The van der Waals surface area contributed by atoms with E-state index in [1.807, 2.05) is 48.5 Å². The van der Waals surface area contributed by atoms with Crippen molar-refractivity contribution in [2.24, 2.45) is 5.10 Å². The predicted octanol–water partition coefficient (Wildman–Crippen LogP) is 3.58. The number of sulfonamides is 1. The Bertz CT molecular complexity index is 1310. The number of nitrogens with zero attached hydrogens (tertiary/aromatic N) is 2. The Kier molecular flexibility index (Phi) is 6.83. The largest absolute Gasteiger partial charge is 0.486 e. The summed E-state index contributed by atoms with van der Waals surface area (Å²) in [5.41, 5.74) is 5.63. The quantitative estimate of drug-likeness (QED) is 0.413. The maximum Gasteiger partial charge on any atom is 0.271 e. The van der Waals surface area contributed by atoms with E-state index in [2.05, 4.69) is 10.5 Å². The van der Waals surface area contributed by atoms with Crippen molar-refractivity contribution in [1.29, 1.82) is 0 Å². The molecule has 0 radical (unpaired) electrons. The highest BCUT2D eigenvalue weighted by Gasteiger charge is 2.18. The topological polar surface area (TPSA) is 97.3 Å². The van der Waals surface area contributed by atoms with Crippen molar-refractivity contribution in [3.63, 3.8) is 0 Å². The van der Waals surface area contributed by atoms with Gasteiger partial charge in [0.2, 0.25) is 10.0 Å². The maximum absolute atomic E-state index is 12.6. The Morgan fingerprint density at radius 3 is 2.26 bits per heavy atom. The molecular weight excluding hydrogens is 454 g/mol. The zero-order chi connectivity index (χ0) is 24.1. The van der Waals surface area contributed by atoms with E-state index in [-0.39, 0.29) is 6.54 Å². The second-order valence-electron chi connectivity index (χ2n) is 7.80. The van der Waals surface area contributed by atoms with Gasteiger partial charge < -0.3 is 9.47 Å². The van der Waals surface area contributed by atoms with Crippen LogP contribution in [0, 0.1) is 0 Å². The molecule has 34 heavy (non-hydrogen) atoms. The number of benzene rings is 3. The Morgan fingerprint density at radius 2 is 1.59 bits per heavy atom. The fourth-order valence-corrected chi connectivity index (χ4v) is 4.35. The fraction of sp³-hybridized carbons (Fsp3) is 0.200. The van der Waals surface area contributed by atoms with Gasteiger partial charge in [-0.3, -0.25) is 9.10 Å². The van der Waals surface area contributed by atoms with E-state index >= 15 is 0 Å². The molecule has 0 bridgehead atoms. The first-order valence-corrected chi connectivity index (χ1v) is 12.5. The van der Waals surface area contributed by atoms with Crippen LogP contribution in [0.4, 0.5) is 5.69 Å². The minimum absolute atomic E-state index is 0.199. The van der Waals surface area contributed by atoms with E-state index in [0.717, 1.165) is 17.4 Å². The van der Waals surface area contributed by atoms with E-state index in [1.165, 1.54) is 4.31 Å². The summed E-state index contributed by atoms with van der Waals surface area (Å²) in [7, 11) is -3.52. The van der Waals surface area contributed by atoms with Gasteiger partial charge in [-0.1, -0.05) is 30.3 Å². The number of ether oxygens (including phenoxy) is 2.